The quantitative estimate of drug-likeness (QED) is 0.528. The van der Waals surface area contributed by atoms with Crippen LogP contribution < -0.4 is 4.90 Å². The van der Waals surface area contributed by atoms with E-state index in [-0.39, 0.29) is 5.91 Å². The summed E-state index contributed by atoms with van der Waals surface area (Å²) in [7, 11) is 1.71. The molecule has 4 rings (SSSR count). The van der Waals surface area contributed by atoms with Gasteiger partial charge in [-0.15, -0.1) is 0 Å². The number of rotatable bonds is 2. The van der Waals surface area contributed by atoms with Gasteiger partial charge in [0.05, 0.1) is 15.6 Å². The number of thiocarbonyl (C=S) groups is 1. The molecule has 0 N–H and O–H groups in total. The number of carbonyl (C=O) groups is 1. The van der Waals surface area contributed by atoms with Crippen molar-refractivity contribution >= 4 is 57.3 Å². The molecule has 0 atom stereocenters. The molecule has 1 saturated heterocycles. The van der Waals surface area contributed by atoms with Crippen molar-refractivity contribution in [2.75, 3.05) is 11.9 Å². The second kappa shape index (κ2) is 6.71. The molecule has 3 nitrogen and oxygen atoms in total. The van der Waals surface area contributed by atoms with Gasteiger partial charge in [0.1, 0.15) is 4.32 Å². The van der Waals surface area contributed by atoms with Crippen molar-refractivity contribution in [3.8, 4) is 0 Å². The van der Waals surface area contributed by atoms with Gasteiger partial charge in [-0.1, -0.05) is 66.1 Å². The number of benzene rings is 2. The lowest BCUT2D eigenvalue weighted by atomic mass is 10.2. The van der Waals surface area contributed by atoms with E-state index in [2.05, 4.69) is 29.2 Å². The van der Waals surface area contributed by atoms with Crippen LogP contribution >= 0.6 is 35.7 Å². The molecule has 2 heterocycles. The average molecular weight is 383 g/mol. The Morgan fingerprint density at radius 1 is 0.960 bits per heavy atom. The molecule has 1 amide bonds. The maximum atomic E-state index is 12.2. The number of para-hydroxylation sites is 2. The highest BCUT2D eigenvalue weighted by molar-refractivity contribution is 8.26. The molecule has 0 radical (unpaired) electrons. The van der Waals surface area contributed by atoms with Crippen LogP contribution in [0.2, 0.25) is 0 Å². The summed E-state index contributed by atoms with van der Waals surface area (Å²) in [6, 6.07) is 18.5. The van der Waals surface area contributed by atoms with Gasteiger partial charge in [0.25, 0.3) is 5.91 Å². The van der Waals surface area contributed by atoms with Crippen molar-refractivity contribution in [2.45, 2.75) is 4.90 Å². The van der Waals surface area contributed by atoms with Gasteiger partial charge in [-0.3, -0.25) is 9.69 Å². The van der Waals surface area contributed by atoms with Crippen molar-refractivity contribution in [3.05, 3.63) is 76.7 Å². The second-order valence-corrected chi connectivity index (χ2v) is 8.25. The molecule has 124 valence electrons. The van der Waals surface area contributed by atoms with E-state index in [1.165, 1.54) is 21.6 Å². The van der Waals surface area contributed by atoms with Gasteiger partial charge in [-0.05, 0) is 36.4 Å². The lowest BCUT2D eigenvalue weighted by Crippen LogP contribution is -2.22. The van der Waals surface area contributed by atoms with Crippen LogP contribution in [0.4, 0.5) is 11.4 Å². The van der Waals surface area contributed by atoms with E-state index >= 15 is 0 Å². The summed E-state index contributed by atoms with van der Waals surface area (Å²) in [5, 5.41) is 1.06. The van der Waals surface area contributed by atoms with E-state index in [1.807, 2.05) is 42.5 Å². The molecule has 6 heteroatoms. The minimum absolute atomic E-state index is 0.0429. The first-order valence-electron chi connectivity index (χ1n) is 7.69. The number of likely N-dealkylation sites (N-methyl/N-ethyl adjacent to an activating group) is 1. The Kier molecular flexibility index (Phi) is 4.41. The first kappa shape index (κ1) is 16.4. The highest BCUT2D eigenvalue weighted by Gasteiger charge is 2.29. The van der Waals surface area contributed by atoms with E-state index in [9.17, 15) is 4.79 Å². The third kappa shape index (κ3) is 3.01. The van der Waals surface area contributed by atoms with Crippen LogP contribution in [-0.4, -0.2) is 22.2 Å². The largest absolute Gasteiger partial charge is 0.303 e. The van der Waals surface area contributed by atoms with Crippen molar-refractivity contribution in [1.29, 1.82) is 0 Å². The number of hydrogen-bond donors (Lipinski definition) is 0. The molecule has 1 fully saturated rings. The van der Waals surface area contributed by atoms with Gasteiger partial charge < -0.3 is 4.90 Å². The number of anilines is 2. The molecule has 0 saturated carbocycles. The molecule has 25 heavy (non-hydrogen) atoms. The Hall–Kier alpha value is -2.02. The Labute approximate surface area is 160 Å². The number of allylic oxidation sites excluding steroid dienone is 2. The van der Waals surface area contributed by atoms with Gasteiger partial charge in [-0.25, -0.2) is 0 Å². The number of thioether (sulfide) groups is 2. The fraction of sp³-hybridized carbons (Fsp3) is 0.0526. The summed E-state index contributed by atoms with van der Waals surface area (Å²) in [6.07, 6.45) is 3.87. The molecule has 0 spiro atoms. The Morgan fingerprint density at radius 3 is 2.40 bits per heavy atom. The molecular weight excluding hydrogens is 368 g/mol. The second-order valence-electron chi connectivity index (χ2n) is 5.51. The van der Waals surface area contributed by atoms with Gasteiger partial charge in [-0.2, -0.15) is 0 Å². The van der Waals surface area contributed by atoms with Crippen LogP contribution in [0.3, 0.4) is 0 Å². The van der Waals surface area contributed by atoms with Crippen LogP contribution in [0.15, 0.2) is 81.6 Å². The Bertz CT molecular complexity index is 921. The van der Waals surface area contributed by atoms with E-state index < -0.39 is 0 Å². The van der Waals surface area contributed by atoms with Crippen LogP contribution in [0, 0.1) is 0 Å². The number of hydrogen-bond acceptors (Lipinski definition) is 5. The minimum atomic E-state index is -0.0429. The molecule has 2 aromatic rings. The highest BCUT2D eigenvalue weighted by atomic mass is 32.2. The van der Waals surface area contributed by atoms with Crippen LogP contribution in [0.1, 0.15) is 0 Å². The number of fused-ring (bicyclic) bond motifs is 1. The van der Waals surface area contributed by atoms with E-state index in [0.717, 1.165) is 16.4 Å². The first-order chi connectivity index (χ1) is 12.1. The summed E-state index contributed by atoms with van der Waals surface area (Å²) in [5.41, 5.74) is 2.25. The zero-order valence-corrected chi connectivity index (χ0v) is 15.8. The molecule has 0 aliphatic carbocycles. The Morgan fingerprint density at radius 2 is 1.68 bits per heavy atom. The van der Waals surface area contributed by atoms with Gasteiger partial charge in [0.15, 0.2) is 0 Å². The van der Waals surface area contributed by atoms with Crippen molar-refractivity contribution in [1.82, 2.24) is 4.90 Å². The zero-order chi connectivity index (χ0) is 17.4. The van der Waals surface area contributed by atoms with Crippen LogP contribution in [0.5, 0.6) is 0 Å². The van der Waals surface area contributed by atoms with Crippen molar-refractivity contribution in [3.63, 3.8) is 0 Å². The Balaban J connectivity index is 1.74. The first-order valence-corrected chi connectivity index (χ1v) is 9.73. The SMILES string of the molecule is CN1C(=O)C(=CC=C2Sc3ccccc3N2c2ccccc2)SC1=S. The number of nitrogens with zero attached hydrogens (tertiary/aromatic N) is 2. The summed E-state index contributed by atoms with van der Waals surface area (Å²) in [4.78, 5) is 17.8. The number of amides is 1. The third-order valence-electron chi connectivity index (χ3n) is 3.92. The maximum absolute atomic E-state index is 12.2. The zero-order valence-electron chi connectivity index (χ0n) is 13.4. The van der Waals surface area contributed by atoms with E-state index in [4.69, 9.17) is 12.2 Å². The lowest BCUT2D eigenvalue weighted by molar-refractivity contribution is -0.121. The molecule has 0 bridgehead atoms. The minimum Gasteiger partial charge on any atom is -0.303 e. The van der Waals surface area contributed by atoms with Crippen LogP contribution in [-0.2, 0) is 4.79 Å². The standard InChI is InChI=1S/C19H14N2OS3/c1-20-18(22)16(25-19(20)23)11-12-17-21(13-7-3-2-4-8-13)14-9-5-6-10-15(14)24-17/h2-12H,1H3. The van der Waals surface area contributed by atoms with Gasteiger partial charge in [0.2, 0.25) is 0 Å². The van der Waals surface area contributed by atoms with Gasteiger partial charge in [0, 0.05) is 17.6 Å². The normalized spacial score (nSPS) is 20.0. The summed E-state index contributed by atoms with van der Waals surface area (Å²) < 4.78 is 0.594. The van der Waals surface area contributed by atoms with E-state index in [1.54, 1.807) is 18.8 Å². The van der Waals surface area contributed by atoms with Gasteiger partial charge >= 0.3 is 0 Å². The molecule has 2 aliphatic rings. The molecule has 2 aromatic carbocycles. The van der Waals surface area contributed by atoms with Crippen molar-refractivity contribution in [2.24, 2.45) is 0 Å². The number of carbonyl (C=O) groups excluding carboxylic acids is 1. The topological polar surface area (TPSA) is 23.6 Å². The summed E-state index contributed by atoms with van der Waals surface area (Å²) in [5.74, 6) is -0.0429. The smallest absolute Gasteiger partial charge is 0.265 e. The fourth-order valence-corrected chi connectivity index (χ4v) is 4.85. The predicted octanol–water partition coefficient (Wildman–Crippen LogP) is 5.15. The predicted molar refractivity (Wildman–Crippen MR) is 110 cm³/mol. The highest BCUT2D eigenvalue weighted by Crippen LogP contribution is 2.49. The average Bonchev–Trinajstić information content (AvgIpc) is 3.13. The summed E-state index contributed by atoms with van der Waals surface area (Å²) >= 11 is 8.24. The van der Waals surface area contributed by atoms with Crippen molar-refractivity contribution < 1.29 is 4.79 Å². The maximum Gasteiger partial charge on any atom is 0.265 e. The molecule has 2 aliphatic heterocycles. The van der Waals surface area contributed by atoms with Crippen LogP contribution in [0.25, 0.3) is 0 Å². The lowest BCUT2D eigenvalue weighted by Gasteiger charge is -2.20. The van der Waals surface area contributed by atoms with E-state index in [0.29, 0.717) is 9.23 Å². The fourth-order valence-electron chi connectivity index (χ4n) is 2.66. The third-order valence-corrected chi connectivity index (χ3v) is 6.52. The molecule has 0 aromatic heterocycles. The molecule has 0 unspecified atom stereocenters. The summed E-state index contributed by atoms with van der Waals surface area (Å²) in [6.45, 7) is 0. The monoisotopic (exact) mass is 382 g/mol. The molecular formula is C19H14N2OS3.